The van der Waals surface area contributed by atoms with E-state index in [1.54, 1.807) is 28.0 Å². The lowest BCUT2D eigenvalue weighted by Gasteiger charge is -1.97. The Balaban J connectivity index is 1.90. The van der Waals surface area contributed by atoms with Gasteiger partial charge in [0.2, 0.25) is 0 Å². The lowest BCUT2D eigenvalue weighted by molar-refractivity contribution is -0.136. The maximum Gasteiger partial charge on any atom is 0.309 e. The highest BCUT2D eigenvalue weighted by molar-refractivity contribution is 8.00. The van der Waals surface area contributed by atoms with E-state index in [2.05, 4.69) is 10.1 Å². The molecule has 0 amide bonds. The van der Waals surface area contributed by atoms with Crippen LogP contribution >= 0.6 is 23.1 Å². The Morgan fingerprint density at radius 1 is 1.62 bits per heavy atom. The predicted molar refractivity (Wildman–Crippen MR) is 61.5 cm³/mol. The minimum atomic E-state index is -0.853. The summed E-state index contributed by atoms with van der Waals surface area (Å²) in [5, 5.41) is 14.4. The van der Waals surface area contributed by atoms with Gasteiger partial charge >= 0.3 is 5.97 Å². The molecule has 0 saturated heterocycles. The average Bonchev–Trinajstić information content (AvgIpc) is 2.84. The van der Waals surface area contributed by atoms with Crippen LogP contribution in [0.1, 0.15) is 5.69 Å². The van der Waals surface area contributed by atoms with Gasteiger partial charge in [0.25, 0.3) is 0 Å². The number of hydrogen-bond donors (Lipinski definition) is 1. The lowest BCUT2D eigenvalue weighted by Crippen LogP contribution is -2.00. The van der Waals surface area contributed by atoms with Crippen molar-refractivity contribution in [2.75, 3.05) is 0 Å². The Morgan fingerprint density at radius 3 is 3.19 bits per heavy atom. The molecule has 0 fully saturated rings. The molecule has 0 aliphatic heterocycles. The summed E-state index contributed by atoms with van der Waals surface area (Å²) in [7, 11) is 0. The molecule has 1 N–H and O–H groups in total. The van der Waals surface area contributed by atoms with Gasteiger partial charge in [0, 0.05) is 17.8 Å². The van der Waals surface area contributed by atoms with Crippen molar-refractivity contribution in [2.45, 2.75) is 16.6 Å². The molecule has 2 aromatic rings. The highest BCUT2D eigenvalue weighted by Crippen LogP contribution is 2.23. The molecule has 16 heavy (non-hydrogen) atoms. The van der Waals surface area contributed by atoms with E-state index in [0.29, 0.717) is 11.6 Å². The third-order valence-electron chi connectivity index (χ3n) is 1.74. The van der Waals surface area contributed by atoms with Crippen LogP contribution in [-0.2, 0) is 17.1 Å². The zero-order valence-electron chi connectivity index (χ0n) is 8.24. The number of hydrogen-bond acceptors (Lipinski definition) is 5. The fourth-order valence-corrected chi connectivity index (χ4v) is 2.78. The first-order valence-electron chi connectivity index (χ1n) is 4.50. The summed E-state index contributed by atoms with van der Waals surface area (Å²) < 4.78 is 2.66. The van der Waals surface area contributed by atoms with E-state index in [1.165, 1.54) is 11.3 Å². The van der Waals surface area contributed by atoms with E-state index in [9.17, 15) is 4.79 Å². The molecule has 0 unspecified atom stereocenters. The second-order valence-corrected chi connectivity index (χ2v) is 5.04. The second-order valence-electron chi connectivity index (χ2n) is 2.99. The van der Waals surface area contributed by atoms with Crippen molar-refractivity contribution < 1.29 is 9.90 Å². The van der Waals surface area contributed by atoms with Gasteiger partial charge in [0.1, 0.15) is 0 Å². The first-order chi connectivity index (χ1) is 7.74. The Hall–Kier alpha value is -1.34. The quantitative estimate of drug-likeness (QED) is 0.824. The molecule has 7 heteroatoms. The van der Waals surface area contributed by atoms with E-state index in [1.807, 2.05) is 12.3 Å². The van der Waals surface area contributed by atoms with Crippen molar-refractivity contribution in [2.24, 2.45) is 0 Å². The maximum absolute atomic E-state index is 10.5. The van der Waals surface area contributed by atoms with Gasteiger partial charge in [-0.1, -0.05) is 11.8 Å². The van der Waals surface area contributed by atoms with Crippen LogP contribution in [-0.4, -0.2) is 25.8 Å². The fraction of sp³-hybridized carbons (Fsp3) is 0.222. The van der Waals surface area contributed by atoms with Crippen molar-refractivity contribution >= 4 is 29.1 Å². The number of carboxylic acid groups (broad SMARTS) is 1. The maximum atomic E-state index is 10.5. The molecule has 0 bridgehead atoms. The number of nitrogens with zero attached hydrogens (tertiary/aromatic N) is 3. The van der Waals surface area contributed by atoms with Crippen molar-refractivity contribution in [3.05, 3.63) is 29.5 Å². The zero-order chi connectivity index (χ0) is 11.4. The van der Waals surface area contributed by atoms with Crippen LogP contribution in [0.25, 0.3) is 0 Å². The lowest BCUT2D eigenvalue weighted by atomic mass is 10.3. The number of aliphatic carboxylic acids is 1. The number of carbonyl (C=O) groups is 1. The molecule has 0 spiro atoms. The molecule has 0 radical (unpaired) electrons. The van der Waals surface area contributed by atoms with E-state index < -0.39 is 5.97 Å². The van der Waals surface area contributed by atoms with Gasteiger partial charge in [-0.25, -0.2) is 4.98 Å². The van der Waals surface area contributed by atoms with Gasteiger partial charge in [-0.3, -0.25) is 9.48 Å². The second kappa shape index (κ2) is 5.13. The molecule has 2 aromatic heterocycles. The minimum absolute atomic E-state index is 0.0150. The van der Waals surface area contributed by atoms with E-state index >= 15 is 0 Å². The molecule has 5 nitrogen and oxygen atoms in total. The summed E-state index contributed by atoms with van der Waals surface area (Å²) in [6.45, 7) is 0. The normalized spacial score (nSPS) is 10.5. The first-order valence-corrected chi connectivity index (χ1v) is 6.37. The van der Waals surface area contributed by atoms with Crippen LogP contribution in [0.5, 0.6) is 0 Å². The summed E-state index contributed by atoms with van der Waals surface area (Å²) in [5.41, 5.74) is 0.612. The van der Waals surface area contributed by atoms with Crippen molar-refractivity contribution in [3.63, 3.8) is 0 Å². The number of thiazole rings is 1. The Morgan fingerprint density at radius 2 is 2.50 bits per heavy atom. The Bertz CT molecular complexity index is 467. The highest BCUT2D eigenvalue weighted by atomic mass is 32.2. The van der Waals surface area contributed by atoms with Crippen LogP contribution in [0.3, 0.4) is 0 Å². The zero-order valence-corrected chi connectivity index (χ0v) is 9.87. The molecule has 0 saturated carbocycles. The van der Waals surface area contributed by atoms with Gasteiger partial charge in [0.05, 0.1) is 18.0 Å². The monoisotopic (exact) mass is 255 g/mol. The molecule has 0 aliphatic carbocycles. The molecule has 0 aliphatic rings. The van der Waals surface area contributed by atoms with Crippen LogP contribution in [0.15, 0.2) is 28.2 Å². The predicted octanol–water partition coefficient (Wildman–Crippen LogP) is 1.72. The standard InChI is InChI=1S/C9H9N3O2S2/c13-8(14)4-7-5-15-9(11-7)16-6-12-3-1-2-10-12/h1-3,5H,4,6H2,(H,13,14). The van der Waals surface area contributed by atoms with Gasteiger partial charge < -0.3 is 5.11 Å². The third-order valence-corrected chi connectivity index (χ3v) is 3.80. The van der Waals surface area contributed by atoms with Crippen molar-refractivity contribution in [1.29, 1.82) is 0 Å². The highest BCUT2D eigenvalue weighted by Gasteiger charge is 2.06. The summed E-state index contributed by atoms with van der Waals surface area (Å²) in [6.07, 6.45) is 3.58. The SMILES string of the molecule is O=C(O)Cc1csc(SCn2cccn2)n1. The molecular weight excluding hydrogens is 246 g/mol. The summed E-state index contributed by atoms with van der Waals surface area (Å²) in [6, 6.07) is 1.86. The van der Waals surface area contributed by atoms with E-state index in [0.717, 1.165) is 4.34 Å². The fourth-order valence-electron chi connectivity index (χ4n) is 1.09. The van der Waals surface area contributed by atoms with E-state index in [4.69, 9.17) is 5.11 Å². The van der Waals surface area contributed by atoms with Gasteiger partial charge in [-0.05, 0) is 6.07 Å². The number of aromatic nitrogens is 3. The molecule has 2 heterocycles. The first kappa shape index (κ1) is 11.2. The molecule has 2 rings (SSSR count). The van der Waals surface area contributed by atoms with Crippen LogP contribution in [0, 0.1) is 0 Å². The largest absolute Gasteiger partial charge is 0.481 e. The topological polar surface area (TPSA) is 68.0 Å². The Labute approximate surface area is 100 Å². The molecular formula is C9H9N3O2S2. The van der Waals surface area contributed by atoms with Crippen LogP contribution in [0.4, 0.5) is 0 Å². The number of thioether (sulfide) groups is 1. The van der Waals surface area contributed by atoms with Gasteiger partial charge in [-0.2, -0.15) is 5.10 Å². The van der Waals surface area contributed by atoms with Crippen LogP contribution in [0.2, 0.25) is 0 Å². The van der Waals surface area contributed by atoms with Crippen LogP contribution < -0.4 is 0 Å². The smallest absolute Gasteiger partial charge is 0.309 e. The summed E-state index contributed by atoms with van der Waals surface area (Å²) >= 11 is 3.00. The number of rotatable bonds is 5. The number of carboxylic acids is 1. The van der Waals surface area contributed by atoms with Crippen molar-refractivity contribution in [1.82, 2.24) is 14.8 Å². The molecule has 84 valence electrons. The summed E-state index contributed by atoms with van der Waals surface area (Å²) in [4.78, 5) is 14.7. The molecule has 0 atom stereocenters. The third kappa shape index (κ3) is 3.07. The van der Waals surface area contributed by atoms with E-state index in [-0.39, 0.29) is 6.42 Å². The summed E-state index contributed by atoms with van der Waals surface area (Å²) in [5.74, 6) is -0.165. The van der Waals surface area contributed by atoms with Gasteiger partial charge in [0.15, 0.2) is 4.34 Å². The van der Waals surface area contributed by atoms with Crippen molar-refractivity contribution in [3.8, 4) is 0 Å². The molecule has 0 aromatic carbocycles. The average molecular weight is 255 g/mol. The van der Waals surface area contributed by atoms with Gasteiger partial charge in [-0.15, -0.1) is 11.3 Å². The Kier molecular flexibility index (Phi) is 3.58. The minimum Gasteiger partial charge on any atom is -0.481 e.